The van der Waals surface area contributed by atoms with Crippen molar-refractivity contribution in [2.75, 3.05) is 26.2 Å². The van der Waals surface area contributed by atoms with E-state index in [4.69, 9.17) is 0 Å². The standard InChI is InChI=1S/C22H35F3N2O.ClH/c1-20(2,3)15-13-16(19(28)17(14-15)21(4,5)6)18(7-8-22(23,24)25)27-11-9-26-10-12-27;/h13-14,18,26,28H,7-12H2,1-6H3;1H/t18-;/m1./s1. The number of phenols is 1. The predicted octanol–water partition coefficient (Wildman–Crippen LogP) is 5.70. The Balaban J connectivity index is 0.00000420. The lowest BCUT2D eigenvalue weighted by atomic mass is 9.77. The number of hydrogen-bond acceptors (Lipinski definition) is 3. The van der Waals surface area contributed by atoms with E-state index >= 15 is 0 Å². The highest BCUT2D eigenvalue weighted by Gasteiger charge is 2.34. The van der Waals surface area contributed by atoms with E-state index in [-0.39, 0.29) is 35.4 Å². The van der Waals surface area contributed by atoms with Crippen molar-refractivity contribution in [3.05, 3.63) is 28.8 Å². The second-order valence-corrected chi connectivity index (χ2v) is 9.92. The Labute approximate surface area is 179 Å². The number of hydrogen-bond donors (Lipinski definition) is 2. The molecule has 1 aromatic carbocycles. The van der Waals surface area contributed by atoms with Crippen LogP contribution in [0.15, 0.2) is 12.1 Å². The van der Waals surface area contributed by atoms with E-state index in [0.717, 1.165) is 24.2 Å². The van der Waals surface area contributed by atoms with Crippen LogP contribution in [0.3, 0.4) is 0 Å². The maximum atomic E-state index is 13.0. The molecule has 0 saturated carbocycles. The van der Waals surface area contributed by atoms with Crippen molar-refractivity contribution in [2.24, 2.45) is 0 Å². The highest BCUT2D eigenvalue weighted by atomic mass is 35.5. The van der Waals surface area contributed by atoms with Gasteiger partial charge in [-0.1, -0.05) is 47.6 Å². The highest BCUT2D eigenvalue weighted by Crippen LogP contribution is 2.43. The molecule has 0 aromatic heterocycles. The van der Waals surface area contributed by atoms with Gasteiger partial charge in [0.1, 0.15) is 5.75 Å². The third-order valence-electron chi connectivity index (χ3n) is 5.47. The molecule has 0 unspecified atom stereocenters. The van der Waals surface area contributed by atoms with Crippen molar-refractivity contribution in [3.8, 4) is 5.75 Å². The summed E-state index contributed by atoms with van der Waals surface area (Å²) in [5.74, 6) is 0.145. The van der Waals surface area contributed by atoms with Gasteiger partial charge in [0.15, 0.2) is 0 Å². The smallest absolute Gasteiger partial charge is 0.389 e. The fourth-order valence-corrected chi connectivity index (χ4v) is 3.74. The molecule has 0 radical (unpaired) electrons. The molecular weight excluding hydrogens is 401 g/mol. The number of rotatable bonds is 4. The number of aromatic hydroxyl groups is 1. The number of benzene rings is 1. The van der Waals surface area contributed by atoms with Crippen molar-refractivity contribution in [2.45, 2.75) is 77.4 Å². The van der Waals surface area contributed by atoms with Gasteiger partial charge in [-0.25, -0.2) is 0 Å². The van der Waals surface area contributed by atoms with E-state index in [1.807, 2.05) is 32.9 Å². The van der Waals surface area contributed by atoms with Crippen LogP contribution in [0.5, 0.6) is 5.75 Å². The molecule has 1 heterocycles. The molecular formula is C22H36ClF3N2O. The van der Waals surface area contributed by atoms with Gasteiger partial charge in [0.05, 0.1) is 0 Å². The number of phenolic OH excluding ortho intramolecular Hbond substituents is 1. The molecule has 1 saturated heterocycles. The van der Waals surface area contributed by atoms with Crippen molar-refractivity contribution >= 4 is 12.4 Å². The zero-order valence-corrected chi connectivity index (χ0v) is 19.2. The van der Waals surface area contributed by atoms with Crippen LogP contribution in [0.2, 0.25) is 0 Å². The minimum Gasteiger partial charge on any atom is -0.507 e. The van der Waals surface area contributed by atoms with Crippen LogP contribution in [-0.2, 0) is 10.8 Å². The van der Waals surface area contributed by atoms with E-state index in [0.29, 0.717) is 18.7 Å². The van der Waals surface area contributed by atoms with Crippen molar-refractivity contribution < 1.29 is 18.3 Å². The van der Waals surface area contributed by atoms with Gasteiger partial charge in [-0.3, -0.25) is 4.90 Å². The molecule has 7 heteroatoms. The molecule has 0 spiro atoms. The Morgan fingerprint density at radius 3 is 2.00 bits per heavy atom. The molecule has 2 rings (SSSR count). The van der Waals surface area contributed by atoms with E-state index in [2.05, 4.69) is 31.0 Å². The first-order chi connectivity index (χ1) is 12.7. The summed E-state index contributed by atoms with van der Waals surface area (Å²) < 4.78 is 39.1. The summed E-state index contributed by atoms with van der Waals surface area (Å²) in [5, 5.41) is 14.4. The molecule has 0 amide bonds. The minimum atomic E-state index is -4.21. The lowest BCUT2D eigenvalue weighted by Crippen LogP contribution is -2.45. The van der Waals surface area contributed by atoms with Gasteiger partial charge in [-0.05, 0) is 34.4 Å². The van der Waals surface area contributed by atoms with Crippen LogP contribution in [0.1, 0.15) is 77.1 Å². The zero-order chi connectivity index (χ0) is 21.3. The first kappa shape index (κ1) is 26.1. The van der Waals surface area contributed by atoms with Gasteiger partial charge in [0.2, 0.25) is 0 Å². The number of alkyl halides is 3. The molecule has 2 N–H and O–H groups in total. The topological polar surface area (TPSA) is 35.5 Å². The monoisotopic (exact) mass is 436 g/mol. The quantitative estimate of drug-likeness (QED) is 0.635. The van der Waals surface area contributed by atoms with Crippen LogP contribution in [0.25, 0.3) is 0 Å². The Hall–Kier alpha value is -0.980. The summed E-state index contributed by atoms with van der Waals surface area (Å²) in [6.45, 7) is 15.2. The lowest BCUT2D eigenvalue weighted by molar-refractivity contribution is -0.138. The van der Waals surface area contributed by atoms with E-state index < -0.39 is 18.6 Å². The SMILES string of the molecule is CC(C)(C)c1cc([C@@H](CCC(F)(F)F)N2CCNCC2)c(O)c(C(C)(C)C)c1.Cl. The number of nitrogens with one attached hydrogen (secondary N) is 1. The van der Waals surface area contributed by atoms with E-state index in [9.17, 15) is 18.3 Å². The summed E-state index contributed by atoms with van der Waals surface area (Å²) in [6.07, 6.45) is -5.11. The van der Waals surface area contributed by atoms with Crippen LogP contribution in [0.4, 0.5) is 13.2 Å². The molecule has 1 atom stereocenters. The second kappa shape index (κ2) is 9.44. The Bertz CT molecular complexity index is 672. The minimum absolute atomic E-state index is 0. The first-order valence-electron chi connectivity index (χ1n) is 10.1. The summed E-state index contributed by atoms with van der Waals surface area (Å²) in [5.41, 5.74) is 1.99. The van der Waals surface area contributed by atoms with Crippen LogP contribution in [0, 0.1) is 0 Å². The normalized spacial score (nSPS) is 17.7. The first-order valence-corrected chi connectivity index (χ1v) is 10.1. The summed E-state index contributed by atoms with van der Waals surface area (Å²) in [4.78, 5) is 2.08. The van der Waals surface area contributed by atoms with Gasteiger partial charge >= 0.3 is 6.18 Å². The van der Waals surface area contributed by atoms with Crippen molar-refractivity contribution in [1.29, 1.82) is 0 Å². The zero-order valence-electron chi connectivity index (χ0n) is 18.4. The maximum Gasteiger partial charge on any atom is 0.389 e. The summed E-state index contributed by atoms with van der Waals surface area (Å²) in [6, 6.07) is 3.48. The number of nitrogens with zero attached hydrogens (tertiary/aromatic N) is 1. The Morgan fingerprint density at radius 1 is 1.00 bits per heavy atom. The molecule has 29 heavy (non-hydrogen) atoms. The van der Waals surface area contributed by atoms with Gasteiger partial charge in [0.25, 0.3) is 0 Å². The third kappa shape index (κ3) is 7.04. The fraction of sp³-hybridized carbons (Fsp3) is 0.727. The lowest BCUT2D eigenvalue weighted by Gasteiger charge is -2.37. The molecule has 168 valence electrons. The van der Waals surface area contributed by atoms with Crippen LogP contribution >= 0.6 is 12.4 Å². The molecule has 0 bridgehead atoms. The molecule has 1 aromatic rings. The maximum absolute atomic E-state index is 13.0. The second-order valence-electron chi connectivity index (χ2n) is 9.92. The highest BCUT2D eigenvalue weighted by molar-refractivity contribution is 5.85. The molecule has 3 nitrogen and oxygen atoms in total. The van der Waals surface area contributed by atoms with Crippen molar-refractivity contribution in [1.82, 2.24) is 10.2 Å². The van der Waals surface area contributed by atoms with Crippen LogP contribution < -0.4 is 5.32 Å². The Morgan fingerprint density at radius 2 is 1.55 bits per heavy atom. The molecule has 1 aliphatic heterocycles. The number of halogens is 4. The average molecular weight is 437 g/mol. The van der Waals surface area contributed by atoms with Crippen LogP contribution in [-0.4, -0.2) is 42.4 Å². The van der Waals surface area contributed by atoms with Gasteiger partial charge in [-0.2, -0.15) is 13.2 Å². The fourth-order valence-electron chi connectivity index (χ4n) is 3.74. The molecule has 1 fully saturated rings. The van der Waals surface area contributed by atoms with Gasteiger partial charge in [0, 0.05) is 44.2 Å². The van der Waals surface area contributed by atoms with E-state index in [1.54, 1.807) is 0 Å². The average Bonchev–Trinajstić information content (AvgIpc) is 2.54. The van der Waals surface area contributed by atoms with Gasteiger partial charge < -0.3 is 10.4 Å². The van der Waals surface area contributed by atoms with Gasteiger partial charge in [-0.15, -0.1) is 12.4 Å². The summed E-state index contributed by atoms with van der Waals surface area (Å²) in [7, 11) is 0. The largest absolute Gasteiger partial charge is 0.507 e. The number of piperazine rings is 1. The van der Waals surface area contributed by atoms with E-state index in [1.165, 1.54) is 0 Å². The predicted molar refractivity (Wildman–Crippen MR) is 115 cm³/mol. The summed E-state index contributed by atoms with van der Waals surface area (Å²) >= 11 is 0. The van der Waals surface area contributed by atoms with Crippen molar-refractivity contribution in [3.63, 3.8) is 0 Å². The Kier molecular flexibility index (Phi) is 8.48. The third-order valence-corrected chi connectivity index (χ3v) is 5.47. The molecule has 0 aliphatic carbocycles. The molecule has 1 aliphatic rings.